The predicted molar refractivity (Wildman–Crippen MR) is 73.4 cm³/mol. The van der Waals surface area contributed by atoms with E-state index in [2.05, 4.69) is 35.0 Å². The largest absolute Gasteiger partial charge is 0.335 e. The summed E-state index contributed by atoms with van der Waals surface area (Å²) >= 11 is 0. The Hall–Kier alpha value is -0.830. The van der Waals surface area contributed by atoms with Crippen molar-refractivity contribution < 1.29 is 0 Å². The van der Waals surface area contributed by atoms with Crippen LogP contribution < -0.4 is 5.32 Å². The highest BCUT2D eigenvalue weighted by Crippen LogP contribution is 2.49. The molecule has 2 saturated carbocycles. The molecule has 3 nitrogen and oxygen atoms in total. The highest BCUT2D eigenvalue weighted by molar-refractivity contribution is 5.01. The van der Waals surface area contributed by atoms with Gasteiger partial charge in [-0.05, 0) is 51.0 Å². The Morgan fingerprint density at radius 2 is 2.33 bits per heavy atom. The first-order valence-electron chi connectivity index (χ1n) is 7.49. The number of aromatic nitrogens is 2. The number of hydrogen-bond acceptors (Lipinski definition) is 2. The van der Waals surface area contributed by atoms with Gasteiger partial charge in [0.05, 0.1) is 0 Å². The summed E-state index contributed by atoms with van der Waals surface area (Å²) in [6, 6.07) is 0.619. The van der Waals surface area contributed by atoms with E-state index in [0.29, 0.717) is 6.04 Å². The average molecular weight is 247 g/mol. The number of nitrogens with zero attached hydrogens (tertiary/aromatic N) is 2. The summed E-state index contributed by atoms with van der Waals surface area (Å²) in [5.74, 6) is 4.15. The van der Waals surface area contributed by atoms with Crippen LogP contribution in [0.1, 0.15) is 38.4 Å². The van der Waals surface area contributed by atoms with Crippen molar-refractivity contribution in [3.05, 3.63) is 18.2 Å². The lowest BCUT2D eigenvalue weighted by Gasteiger charge is -2.30. The first-order valence-corrected chi connectivity index (χ1v) is 7.49. The molecule has 3 heteroatoms. The molecule has 0 spiro atoms. The molecule has 4 atom stereocenters. The normalized spacial score (nSPS) is 32.0. The fourth-order valence-corrected chi connectivity index (χ4v) is 4.27. The zero-order chi connectivity index (χ0) is 12.5. The van der Waals surface area contributed by atoms with Gasteiger partial charge in [-0.2, -0.15) is 0 Å². The second-order valence-corrected chi connectivity index (χ2v) is 6.07. The van der Waals surface area contributed by atoms with Crippen LogP contribution in [0.4, 0.5) is 0 Å². The molecule has 2 aliphatic rings. The topological polar surface area (TPSA) is 29.9 Å². The van der Waals surface area contributed by atoms with Crippen molar-refractivity contribution in [1.29, 1.82) is 0 Å². The molecule has 2 aliphatic carbocycles. The second-order valence-electron chi connectivity index (χ2n) is 6.07. The summed E-state index contributed by atoms with van der Waals surface area (Å²) in [4.78, 5) is 4.53. The number of rotatable bonds is 5. The molecule has 1 aromatic heterocycles. The van der Waals surface area contributed by atoms with Gasteiger partial charge < -0.3 is 9.88 Å². The van der Waals surface area contributed by atoms with Crippen molar-refractivity contribution in [2.45, 2.75) is 51.6 Å². The van der Waals surface area contributed by atoms with Crippen LogP contribution in [0, 0.1) is 17.8 Å². The molecular formula is C15H25N3. The van der Waals surface area contributed by atoms with Crippen molar-refractivity contribution >= 4 is 0 Å². The number of likely N-dealkylation sites (N-methyl/N-ethyl adjacent to an activating group) is 1. The average Bonchev–Trinajstić information content (AvgIpc) is 3.11. The maximum absolute atomic E-state index is 4.53. The molecular weight excluding hydrogens is 222 g/mol. The molecule has 100 valence electrons. The predicted octanol–water partition coefficient (Wildman–Crippen LogP) is 2.47. The molecule has 2 bridgehead atoms. The fourth-order valence-electron chi connectivity index (χ4n) is 4.27. The van der Waals surface area contributed by atoms with Crippen LogP contribution in [0.5, 0.6) is 0 Å². The van der Waals surface area contributed by atoms with Gasteiger partial charge in [0.2, 0.25) is 0 Å². The number of aryl methyl sites for hydroxylation is 1. The molecule has 0 radical (unpaired) electrons. The van der Waals surface area contributed by atoms with Crippen LogP contribution in [0.3, 0.4) is 0 Å². The third-order valence-corrected chi connectivity index (χ3v) is 5.23. The zero-order valence-corrected chi connectivity index (χ0v) is 11.6. The van der Waals surface area contributed by atoms with Crippen LogP contribution in [0.2, 0.25) is 0 Å². The van der Waals surface area contributed by atoms with Crippen molar-refractivity contribution in [2.75, 3.05) is 7.05 Å². The van der Waals surface area contributed by atoms with Crippen molar-refractivity contribution in [2.24, 2.45) is 17.8 Å². The Morgan fingerprint density at radius 3 is 2.94 bits per heavy atom. The number of hydrogen-bond donors (Lipinski definition) is 1. The molecule has 0 amide bonds. The van der Waals surface area contributed by atoms with Gasteiger partial charge in [-0.1, -0.05) is 6.42 Å². The van der Waals surface area contributed by atoms with E-state index < -0.39 is 0 Å². The maximum atomic E-state index is 4.53. The van der Waals surface area contributed by atoms with Crippen LogP contribution in [0.25, 0.3) is 0 Å². The number of nitrogens with one attached hydrogen (secondary N) is 1. The van der Waals surface area contributed by atoms with Crippen molar-refractivity contribution in [1.82, 2.24) is 14.9 Å². The van der Waals surface area contributed by atoms with E-state index in [1.165, 1.54) is 31.5 Å². The molecule has 3 rings (SSSR count). The molecule has 0 saturated heterocycles. The quantitative estimate of drug-likeness (QED) is 0.866. The van der Waals surface area contributed by atoms with Gasteiger partial charge in [0.25, 0.3) is 0 Å². The summed E-state index contributed by atoms with van der Waals surface area (Å²) in [6.07, 6.45) is 11.0. The minimum Gasteiger partial charge on any atom is -0.335 e. The van der Waals surface area contributed by atoms with Gasteiger partial charge in [-0.15, -0.1) is 0 Å². The molecule has 1 heterocycles. The molecule has 0 aromatic carbocycles. The Labute approximate surface area is 110 Å². The van der Waals surface area contributed by atoms with Gasteiger partial charge in [-0.3, -0.25) is 0 Å². The van der Waals surface area contributed by atoms with E-state index in [9.17, 15) is 0 Å². The van der Waals surface area contributed by atoms with E-state index in [0.717, 1.165) is 30.7 Å². The summed E-state index contributed by atoms with van der Waals surface area (Å²) in [6.45, 7) is 3.22. The minimum atomic E-state index is 0.619. The van der Waals surface area contributed by atoms with Crippen molar-refractivity contribution in [3.63, 3.8) is 0 Å². The highest BCUT2D eigenvalue weighted by atomic mass is 15.1. The lowest BCUT2D eigenvalue weighted by Crippen LogP contribution is -2.39. The van der Waals surface area contributed by atoms with E-state index >= 15 is 0 Å². The van der Waals surface area contributed by atoms with Gasteiger partial charge in [0.1, 0.15) is 5.82 Å². The van der Waals surface area contributed by atoms with Crippen LogP contribution >= 0.6 is 0 Å². The molecule has 0 aliphatic heterocycles. The van der Waals surface area contributed by atoms with E-state index in [4.69, 9.17) is 0 Å². The zero-order valence-electron chi connectivity index (χ0n) is 11.6. The SMILES string of the molecule is CCn1ccnc1CC(NC)C1CC2CCC1C2. The monoisotopic (exact) mass is 247 g/mol. The summed E-state index contributed by atoms with van der Waals surface area (Å²) in [5, 5.41) is 3.57. The third kappa shape index (κ3) is 2.09. The Bertz CT molecular complexity index is 398. The van der Waals surface area contributed by atoms with E-state index in [1.54, 1.807) is 0 Å². The fraction of sp³-hybridized carbons (Fsp3) is 0.800. The third-order valence-electron chi connectivity index (χ3n) is 5.23. The molecule has 2 fully saturated rings. The first kappa shape index (κ1) is 12.2. The lowest BCUT2D eigenvalue weighted by atomic mass is 9.82. The lowest BCUT2D eigenvalue weighted by molar-refractivity contribution is 0.252. The molecule has 1 aromatic rings. The standard InChI is InChI=1S/C15H25N3/c1-3-18-7-6-17-15(18)10-14(16-2)13-9-11-4-5-12(13)8-11/h6-7,11-14,16H,3-5,8-10H2,1-2H3. The number of imidazole rings is 1. The van der Waals surface area contributed by atoms with Gasteiger partial charge >= 0.3 is 0 Å². The Morgan fingerprint density at radius 1 is 1.44 bits per heavy atom. The van der Waals surface area contributed by atoms with Crippen LogP contribution in [-0.4, -0.2) is 22.6 Å². The van der Waals surface area contributed by atoms with Gasteiger partial charge in [0.15, 0.2) is 0 Å². The van der Waals surface area contributed by atoms with Crippen LogP contribution in [0.15, 0.2) is 12.4 Å². The first-order chi connectivity index (χ1) is 8.81. The summed E-state index contributed by atoms with van der Waals surface area (Å²) in [5.41, 5.74) is 0. The van der Waals surface area contributed by atoms with E-state index in [-0.39, 0.29) is 0 Å². The Balaban J connectivity index is 1.69. The van der Waals surface area contributed by atoms with Crippen molar-refractivity contribution in [3.8, 4) is 0 Å². The van der Waals surface area contributed by atoms with Gasteiger partial charge in [-0.25, -0.2) is 4.98 Å². The number of fused-ring (bicyclic) bond motifs is 2. The summed E-state index contributed by atoms with van der Waals surface area (Å²) in [7, 11) is 2.12. The highest BCUT2D eigenvalue weighted by Gasteiger charge is 2.42. The molecule has 18 heavy (non-hydrogen) atoms. The Kier molecular flexibility index (Phi) is 3.42. The van der Waals surface area contributed by atoms with Crippen LogP contribution in [-0.2, 0) is 13.0 Å². The maximum Gasteiger partial charge on any atom is 0.110 e. The minimum absolute atomic E-state index is 0.619. The van der Waals surface area contributed by atoms with Gasteiger partial charge in [0, 0.05) is 31.4 Å². The summed E-state index contributed by atoms with van der Waals surface area (Å²) < 4.78 is 2.28. The van der Waals surface area contributed by atoms with E-state index in [1.807, 2.05) is 6.20 Å². The smallest absolute Gasteiger partial charge is 0.110 e. The molecule has 1 N–H and O–H groups in total. The molecule has 4 unspecified atom stereocenters. The second kappa shape index (κ2) is 5.04.